The van der Waals surface area contributed by atoms with Gasteiger partial charge in [-0.1, -0.05) is 20.8 Å². The lowest BCUT2D eigenvalue weighted by atomic mass is 10.2. The second-order valence-electron chi connectivity index (χ2n) is 4.04. The van der Waals surface area contributed by atoms with E-state index >= 15 is 0 Å². The number of aromatic nitrogens is 2. The van der Waals surface area contributed by atoms with E-state index in [2.05, 4.69) is 36.3 Å². The summed E-state index contributed by atoms with van der Waals surface area (Å²) >= 11 is 0. The monoisotopic (exact) mass is 211 g/mol. The molecule has 15 heavy (non-hydrogen) atoms. The van der Waals surface area contributed by atoms with E-state index in [1.165, 1.54) is 6.42 Å². The summed E-state index contributed by atoms with van der Waals surface area (Å²) in [5, 5.41) is 11.3. The summed E-state index contributed by atoms with van der Waals surface area (Å²) in [7, 11) is 0. The molecule has 0 aliphatic heterocycles. The summed E-state index contributed by atoms with van der Waals surface area (Å²) in [6, 6.07) is 0. The highest BCUT2D eigenvalue weighted by molar-refractivity contribution is 4.87. The molecular weight excluding hydrogens is 190 g/mol. The van der Waals surface area contributed by atoms with Crippen LogP contribution in [-0.2, 0) is 6.42 Å². The first-order valence-corrected chi connectivity index (χ1v) is 5.77. The van der Waals surface area contributed by atoms with Crippen LogP contribution in [0.4, 0.5) is 0 Å². The molecule has 0 radical (unpaired) electrons. The van der Waals surface area contributed by atoms with Gasteiger partial charge in [-0.05, 0) is 25.9 Å². The van der Waals surface area contributed by atoms with Gasteiger partial charge < -0.3 is 9.73 Å². The zero-order valence-electron chi connectivity index (χ0n) is 9.92. The van der Waals surface area contributed by atoms with Crippen LogP contribution in [0.2, 0.25) is 0 Å². The Morgan fingerprint density at radius 3 is 2.67 bits per heavy atom. The second kappa shape index (κ2) is 6.56. The third kappa shape index (κ3) is 4.42. The van der Waals surface area contributed by atoms with Crippen molar-refractivity contribution >= 4 is 0 Å². The van der Waals surface area contributed by atoms with Crippen molar-refractivity contribution in [3.8, 4) is 0 Å². The van der Waals surface area contributed by atoms with Crippen molar-refractivity contribution in [1.29, 1.82) is 0 Å². The zero-order valence-corrected chi connectivity index (χ0v) is 9.92. The smallest absolute Gasteiger partial charge is 0.219 e. The van der Waals surface area contributed by atoms with Crippen LogP contribution in [0.1, 0.15) is 51.3 Å². The van der Waals surface area contributed by atoms with Crippen LogP contribution in [0, 0.1) is 0 Å². The fourth-order valence-electron chi connectivity index (χ4n) is 1.27. The van der Waals surface area contributed by atoms with E-state index in [-0.39, 0.29) is 0 Å². The Kier molecular flexibility index (Phi) is 5.32. The molecule has 1 aromatic rings. The molecule has 0 aliphatic rings. The molecule has 0 saturated carbocycles. The Morgan fingerprint density at radius 1 is 1.27 bits per heavy atom. The first-order valence-electron chi connectivity index (χ1n) is 5.77. The van der Waals surface area contributed by atoms with E-state index < -0.39 is 0 Å². The quantitative estimate of drug-likeness (QED) is 0.702. The summed E-state index contributed by atoms with van der Waals surface area (Å²) < 4.78 is 5.50. The fourth-order valence-corrected chi connectivity index (χ4v) is 1.27. The largest absolute Gasteiger partial charge is 0.425 e. The minimum Gasteiger partial charge on any atom is -0.425 e. The van der Waals surface area contributed by atoms with Crippen molar-refractivity contribution in [2.45, 2.75) is 46.0 Å². The van der Waals surface area contributed by atoms with Crippen molar-refractivity contribution in [2.75, 3.05) is 13.1 Å². The maximum Gasteiger partial charge on any atom is 0.219 e. The normalized spacial score (nSPS) is 11.2. The Labute approximate surface area is 91.5 Å². The fraction of sp³-hybridized carbons (Fsp3) is 0.818. The topological polar surface area (TPSA) is 51.0 Å². The minimum absolute atomic E-state index is 0.324. The van der Waals surface area contributed by atoms with Gasteiger partial charge in [-0.2, -0.15) is 0 Å². The van der Waals surface area contributed by atoms with Crippen molar-refractivity contribution in [3.05, 3.63) is 11.8 Å². The summed E-state index contributed by atoms with van der Waals surface area (Å²) in [4.78, 5) is 0. The van der Waals surface area contributed by atoms with Crippen LogP contribution in [0.25, 0.3) is 0 Å². The van der Waals surface area contributed by atoms with E-state index in [9.17, 15) is 0 Å². The molecule has 0 spiro atoms. The van der Waals surface area contributed by atoms with Crippen molar-refractivity contribution in [1.82, 2.24) is 15.5 Å². The zero-order chi connectivity index (χ0) is 11.1. The number of aryl methyl sites for hydroxylation is 1. The Balaban J connectivity index is 2.20. The van der Waals surface area contributed by atoms with E-state index in [0.29, 0.717) is 5.92 Å². The molecule has 0 aromatic carbocycles. The van der Waals surface area contributed by atoms with E-state index in [1.807, 2.05) is 0 Å². The molecule has 0 unspecified atom stereocenters. The van der Waals surface area contributed by atoms with Crippen LogP contribution >= 0.6 is 0 Å². The van der Waals surface area contributed by atoms with E-state index in [1.54, 1.807) is 0 Å². The van der Waals surface area contributed by atoms with Crippen LogP contribution < -0.4 is 5.32 Å². The third-order valence-electron chi connectivity index (χ3n) is 2.15. The average molecular weight is 211 g/mol. The first kappa shape index (κ1) is 12.2. The van der Waals surface area contributed by atoms with Gasteiger partial charge in [-0.3, -0.25) is 0 Å². The van der Waals surface area contributed by atoms with Gasteiger partial charge in [0, 0.05) is 12.3 Å². The van der Waals surface area contributed by atoms with Crippen LogP contribution in [0.5, 0.6) is 0 Å². The van der Waals surface area contributed by atoms with Gasteiger partial charge in [0.05, 0.1) is 0 Å². The number of nitrogens with one attached hydrogen (secondary N) is 1. The van der Waals surface area contributed by atoms with Crippen molar-refractivity contribution < 1.29 is 4.42 Å². The predicted octanol–water partition coefficient (Wildman–Crippen LogP) is 2.13. The molecule has 0 bridgehead atoms. The molecule has 1 rings (SSSR count). The lowest BCUT2D eigenvalue weighted by Crippen LogP contribution is -2.16. The molecular formula is C11H21N3O. The summed E-state index contributed by atoms with van der Waals surface area (Å²) in [5.41, 5.74) is 0. The second-order valence-corrected chi connectivity index (χ2v) is 4.04. The van der Waals surface area contributed by atoms with E-state index in [4.69, 9.17) is 4.42 Å². The van der Waals surface area contributed by atoms with Gasteiger partial charge >= 0.3 is 0 Å². The highest BCUT2D eigenvalue weighted by Gasteiger charge is 2.08. The van der Waals surface area contributed by atoms with Gasteiger partial charge in [-0.25, -0.2) is 0 Å². The lowest BCUT2D eigenvalue weighted by molar-refractivity contribution is 0.426. The maximum absolute atomic E-state index is 5.50. The molecule has 0 amide bonds. The van der Waals surface area contributed by atoms with Crippen molar-refractivity contribution in [3.63, 3.8) is 0 Å². The maximum atomic E-state index is 5.50. The SMILES string of the molecule is CCCNCCCc1nnc(C(C)C)o1. The van der Waals surface area contributed by atoms with Gasteiger partial charge in [0.1, 0.15) is 0 Å². The first-order chi connectivity index (χ1) is 7.24. The summed E-state index contributed by atoms with van der Waals surface area (Å²) in [6.07, 6.45) is 3.11. The van der Waals surface area contributed by atoms with Crippen molar-refractivity contribution in [2.24, 2.45) is 0 Å². The molecule has 0 saturated heterocycles. The summed E-state index contributed by atoms with van der Waals surface area (Å²) in [5.74, 6) is 1.83. The molecule has 4 nitrogen and oxygen atoms in total. The number of rotatable bonds is 7. The van der Waals surface area contributed by atoms with Crippen LogP contribution in [-0.4, -0.2) is 23.3 Å². The number of hydrogen-bond acceptors (Lipinski definition) is 4. The third-order valence-corrected chi connectivity index (χ3v) is 2.15. The summed E-state index contributed by atoms with van der Waals surface area (Å²) in [6.45, 7) is 8.38. The standard InChI is InChI=1S/C11H21N3O/c1-4-7-12-8-5-6-10-13-14-11(15-10)9(2)3/h9,12H,4-8H2,1-3H3. The van der Waals surface area contributed by atoms with Crippen LogP contribution in [0.15, 0.2) is 4.42 Å². The molecule has 0 aliphatic carbocycles. The molecule has 0 atom stereocenters. The minimum atomic E-state index is 0.324. The van der Waals surface area contributed by atoms with Crippen LogP contribution in [0.3, 0.4) is 0 Å². The molecule has 4 heteroatoms. The highest BCUT2D eigenvalue weighted by Crippen LogP contribution is 2.12. The molecule has 86 valence electrons. The molecule has 1 heterocycles. The average Bonchev–Trinajstić information content (AvgIpc) is 2.66. The molecule has 1 N–H and O–H groups in total. The Morgan fingerprint density at radius 2 is 2.07 bits per heavy atom. The van der Waals surface area contributed by atoms with Gasteiger partial charge in [0.2, 0.25) is 11.8 Å². The number of hydrogen-bond donors (Lipinski definition) is 1. The lowest BCUT2D eigenvalue weighted by Gasteiger charge is -2.00. The highest BCUT2D eigenvalue weighted by atomic mass is 16.4. The molecule has 1 aromatic heterocycles. The van der Waals surface area contributed by atoms with Gasteiger partial charge in [0.15, 0.2) is 0 Å². The Hall–Kier alpha value is -0.900. The van der Waals surface area contributed by atoms with Gasteiger partial charge in [-0.15, -0.1) is 10.2 Å². The van der Waals surface area contributed by atoms with Gasteiger partial charge in [0.25, 0.3) is 0 Å². The molecule has 0 fully saturated rings. The van der Waals surface area contributed by atoms with E-state index in [0.717, 1.165) is 37.7 Å². The predicted molar refractivity (Wildman–Crippen MR) is 59.9 cm³/mol. The Bertz CT molecular complexity index is 271. The number of nitrogens with zero attached hydrogens (tertiary/aromatic N) is 2.